The van der Waals surface area contributed by atoms with Crippen LogP contribution in [0.5, 0.6) is 11.6 Å². The second kappa shape index (κ2) is 9.00. The fraction of sp³-hybridized carbons (Fsp3) is 0.316. The quantitative estimate of drug-likeness (QED) is 0.559. The Labute approximate surface area is 166 Å². The smallest absolute Gasteiger partial charge is 0.412 e. The lowest BCUT2D eigenvalue weighted by molar-refractivity contribution is -0.384. The van der Waals surface area contributed by atoms with E-state index in [1.807, 2.05) is 0 Å². The molecule has 1 fully saturated rings. The second-order valence-corrected chi connectivity index (χ2v) is 6.60. The van der Waals surface area contributed by atoms with Gasteiger partial charge < -0.3 is 20.5 Å². The van der Waals surface area contributed by atoms with Gasteiger partial charge in [0, 0.05) is 24.4 Å². The Bertz CT molecular complexity index is 894. The maximum atomic E-state index is 12.0. The summed E-state index contributed by atoms with van der Waals surface area (Å²) in [4.78, 5) is 37.7. The Morgan fingerprint density at radius 1 is 1.14 bits per heavy atom. The van der Waals surface area contributed by atoms with Gasteiger partial charge in [-0.25, -0.2) is 9.78 Å². The van der Waals surface area contributed by atoms with Gasteiger partial charge in [0.2, 0.25) is 5.88 Å². The zero-order valence-corrected chi connectivity index (χ0v) is 15.4. The fourth-order valence-electron chi connectivity index (χ4n) is 3.09. The summed E-state index contributed by atoms with van der Waals surface area (Å²) in [6, 6.07) is 8.36. The number of benzene rings is 1. The summed E-state index contributed by atoms with van der Waals surface area (Å²) in [5.74, 6) is -0.161. The molecule has 10 heteroatoms. The number of hydrogen-bond donors (Lipinski definition) is 2. The lowest BCUT2D eigenvalue weighted by Crippen LogP contribution is -2.41. The van der Waals surface area contributed by atoms with Crippen LogP contribution in [-0.2, 0) is 0 Å². The van der Waals surface area contributed by atoms with Crippen molar-refractivity contribution in [3.8, 4) is 11.6 Å². The number of nitrogens with one attached hydrogen (secondary N) is 1. The summed E-state index contributed by atoms with van der Waals surface area (Å²) < 4.78 is 11.0. The van der Waals surface area contributed by atoms with Crippen molar-refractivity contribution in [3.63, 3.8) is 0 Å². The molecule has 29 heavy (non-hydrogen) atoms. The first kappa shape index (κ1) is 20.1. The number of rotatable bonds is 6. The molecule has 0 radical (unpaired) electrons. The number of carbonyl (C=O) groups is 2. The molecular formula is C19H20N4O6. The van der Waals surface area contributed by atoms with Crippen molar-refractivity contribution >= 4 is 17.7 Å². The Morgan fingerprint density at radius 2 is 1.83 bits per heavy atom. The number of aromatic nitrogens is 1. The molecule has 2 amide bonds. The van der Waals surface area contributed by atoms with Gasteiger partial charge in [0.15, 0.2) is 0 Å². The molecule has 0 saturated heterocycles. The zero-order chi connectivity index (χ0) is 20.8. The third-order valence-corrected chi connectivity index (χ3v) is 4.57. The number of nitrogens with zero attached hydrogens (tertiary/aromatic N) is 2. The van der Waals surface area contributed by atoms with Crippen molar-refractivity contribution in [2.75, 3.05) is 0 Å². The van der Waals surface area contributed by atoms with Crippen LogP contribution in [0.25, 0.3) is 0 Å². The highest BCUT2D eigenvalue weighted by Gasteiger charge is 2.25. The third-order valence-electron chi connectivity index (χ3n) is 4.57. The number of nitro benzene ring substituents is 1. The van der Waals surface area contributed by atoms with Crippen LogP contribution in [0.3, 0.4) is 0 Å². The minimum Gasteiger partial charge on any atom is -0.474 e. The van der Waals surface area contributed by atoms with Crippen molar-refractivity contribution in [2.24, 2.45) is 5.73 Å². The number of nitrogens with two attached hydrogens (primary N) is 1. The van der Waals surface area contributed by atoms with Gasteiger partial charge in [-0.05, 0) is 49.9 Å². The van der Waals surface area contributed by atoms with E-state index in [9.17, 15) is 19.7 Å². The molecule has 1 aliphatic rings. The van der Waals surface area contributed by atoms with E-state index in [0.29, 0.717) is 25.7 Å². The maximum absolute atomic E-state index is 12.0. The number of non-ortho nitro benzene ring substituents is 1. The molecule has 0 bridgehead atoms. The molecule has 1 aromatic heterocycles. The number of primary amides is 1. The molecule has 1 aromatic carbocycles. The fourth-order valence-corrected chi connectivity index (χ4v) is 3.09. The third kappa shape index (κ3) is 5.41. The van der Waals surface area contributed by atoms with Gasteiger partial charge >= 0.3 is 6.09 Å². The van der Waals surface area contributed by atoms with Gasteiger partial charge in [0.1, 0.15) is 17.4 Å². The lowest BCUT2D eigenvalue weighted by Gasteiger charge is -2.29. The molecule has 0 spiro atoms. The van der Waals surface area contributed by atoms with Crippen LogP contribution in [0.2, 0.25) is 0 Å². The van der Waals surface area contributed by atoms with E-state index >= 15 is 0 Å². The molecule has 3 rings (SSSR count). The summed E-state index contributed by atoms with van der Waals surface area (Å²) >= 11 is 0. The van der Waals surface area contributed by atoms with Crippen LogP contribution in [0.1, 0.15) is 36.0 Å². The van der Waals surface area contributed by atoms with Crippen molar-refractivity contribution in [1.82, 2.24) is 10.3 Å². The minimum absolute atomic E-state index is 0.0801. The number of carbonyl (C=O) groups excluding carboxylic acids is 2. The normalized spacial score (nSPS) is 18.5. The Balaban J connectivity index is 1.46. The van der Waals surface area contributed by atoms with Crippen LogP contribution in [0, 0.1) is 10.1 Å². The largest absolute Gasteiger partial charge is 0.474 e. The molecular weight excluding hydrogens is 380 g/mol. The van der Waals surface area contributed by atoms with Crippen molar-refractivity contribution in [1.29, 1.82) is 0 Å². The number of nitro groups is 1. The molecule has 0 atom stereocenters. The Kier molecular flexibility index (Phi) is 6.22. The maximum Gasteiger partial charge on any atom is 0.412 e. The molecule has 1 saturated carbocycles. The second-order valence-electron chi connectivity index (χ2n) is 6.60. The molecule has 0 aliphatic heterocycles. The van der Waals surface area contributed by atoms with Crippen molar-refractivity contribution in [2.45, 2.75) is 37.8 Å². The van der Waals surface area contributed by atoms with E-state index in [4.69, 9.17) is 15.2 Å². The Hall–Kier alpha value is -3.69. The van der Waals surface area contributed by atoms with Gasteiger partial charge in [-0.2, -0.15) is 0 Å². The first-order valence-corrected chi connectivity index (χ1v) is 9.06. The SMILES string of the molecule is NC(=O)c1cccnc1O[C@H]1CC[C@H](NC(=O)Oc2ccc([N+](=O)[O-])cc2)CC1. The van der Waals surface area contributed by atoms with Gasteiger partial charge in [-0.15, -0.1) is 0 Å². The van der Waals surface area contributed by atoms with Gasteiger partial charge in [0.25, 0.3) is 11.6 Å². The van der Waals surface area contributed by atoms with E-state index in [-0.39, 0.29) is 35.0 Å². The lowest BCUT2D eigenvalue weighted by atomic mass is 9.93. The van der Waals surface area contributed by atoms with Crippen molar-refractivity contribution in [3.05, 3.63) is 58.3 Å². The van der Waals surface area contributed by atoms with Crippen LogP contribution in [-0.4, -0.2) is 34.1 Å². The van der Waals surface area contributed by atoms with Crippen LogP contribution >= 0.6 is 0 Å². The highest BCUT2D eigenvalue weighted by molar-refractivity contribution is 5.94. The molecule has 10 nitrogen and oxygen atoms in total. The van der Waals surface area contributed by atoms with Crippen molar-refractivity contribution < 1.29 is 24.0 Å². The van der Waals surface area contributed by atoms with E-state index in [0.717, 1.165) is 0 Å². The number of pyridine rings is 1. The monoisotopic (exact) mass is 400 g/mol. The summed E-state index contributed by atoms with van der Waals surface area (Å²) in [5, 5.41) is 13.4. The average molecular weight is 400 g/mol. The average Bonchev–Trinajstić information content (AvgIpc) is 2.70. The van der Waals surface area contributed by atoms with E-state index in [2.05, 4.69) is 10.3 Å². The number of hydrogen-bond acceptors (Lipinski definition) is 7. The molecule has 152 valence electrons. The highest BCUT2D eigenvalue weighted by Crippen LogP contribution is 2.25. The van der Waals surface area contributed by atoms with Gasteiger partial charge in [0.05, 0.1) is 4.92 Å². The van der Waals surface area contributed by atoms with Crippen LogP contribution in [0.4, 0.5) is 10.5 Å². The first-order valence-electron chi connectivity index (χ1n) is 9.06. The topological polar surface area (TPSA) is 147 Å². The zero-order valence-electron chi connectivity index (χ0n) is 15.4. The molecule has 2 aromatic rings. The number of ether oxygens (including phenoxy) is 2. The molecule has 1 aliphatic carbocycles. The molecule has 3 N–H and O–H groups in total. The van der Waals surface area contributed by atoms with Crippen LogP contribution in [0.15, 0.2) is 42.6 Å². The Morgan fingerprint density at radius 3 is 2.45 bits per heavy atom. The van der Waals surface area contributed by atoms with E-state index < -0.39 is 16.9 Å². The van der Waals surface area contributed by atoms with E-state index in [1.165, 1.54) is 30.5 Å². The summed E-state index contributed by atoms with van der Waals surface area (Å²) in [7, 11) is 0. The van der Waals surface area contributed by atoms with E-state index in [1.54, 1.807) is 12.1 Å². The summed E-state index contributed by atoms with van der Waals surface area (Å²) in [6.45, 7) is 0. The molecule has 1 heterocycles. The van der Waals surface area contributed by atoms with Gasteiger partial charge in [-0.1, -0.05) is 0 Å². The number of amides is 2. The van der Waals surface area contributed by atoms with Crippen LogP contribution < -0.4 is 20.5 Å². The predicted octanol–water partition coefficient (Wildman–Crippen LogP) is 2.57. The molecule has 0 unspecified atom stereocenters. The standard InChI is InChI=1S/C19H20N4O6/c20-17(24)16-2-1-11-21-18(16)28-14-7-3-12(4-8-14)22-19(25)29-15-9-5-13(6-10-15)23(26)27/h1-2,5-6,9-12,14H,3-4,7-8H2,(H2,20,24)(H,22,25)/t12-,14-. The van der Waals surface area contributed by atoms with Gasteiger partial charge in [-0.3, -0.25) is 14.9 Å². The summed E-state index contributed by atoms with van der Waals surface area (Å²) in [6.07, 6.45) is 3.44. The highest BCUT2D eigenvalue weighted by atomic mass is 16.6. The minimum atomic E-state index is -0.621. The predicted molar refractivity (Wildman–Crippen MR) is 102 cm³/mol. The summed E-state index contributed by atoms with van der Waals surface area (Å²) in [5.41, 5.74) is 5.48. The first-order chi connectivity index (χ1) is 13.9.